The summed E-state index contributed by atoms with van der Waals surface area (Å²) in [6.07, 6.45) is 2.91. The molecule has 1 saturated carbocycles. The molecular weight excluding hydrogens is 562 g/mol. The van der Waals surface area contributed by atoms with Crippen molar-refractivity contribution in [3.8, 4) is 0 Å². The highest BCUT2D eigenvalue weighted by Gasteiger charge is 2.55. The largest absolute Gasteiger partial charge is 0.387 e. The molecule has 3 N–H and O–H groups in total. The zero-order valence-corrected chi connectivity index (χ0v) is 25.5. The molecule has 12 heteroatoms. The number of Topliss-reactive ketones (excluding diaryl/α,β-unsaturated/α-hetero) is 1. The third-order valence-corrected chi connectivity index (χ3v) is 8.03. The molecule has 2 heterocycles. The van der Waals surface area contributed by atoms with Gasteiger partial charge in [-0.05, 0) is 36.8 Å². The number of carbonyl (C=O) groups is 5. The first-order valence-corrected chi connectivity index (χ1v) is 14.8. The normalized spacial score (nSPS) is 23.0. The summed E-state index contributed by atoms with van der Waals surface area (Å²) in [6.45, 7) is 8.71. The number of halogens is 1. The van der Waals surface area contributed by atoms with Gasteiger partial charge >= 0.3 is 0 Å². The average Bonchev–Trinajstić information content (AvgIpc) is 3.51. The standard InChI is InChI=1S/C30H40ClN5O6/c1-6-8-21(24(38)27(40)33-20-11-12-20)34-26(39)23-15-30(14-22(35-42-30)18-9-7-10-19(31)13-18)16-36(23)28(41)25(29(3,4)5)32-17(2)37/h7,9-10,13,20-21,23,25H,6,8,11-12,14-16H2,1-5H3,(H,32,37)(H,33,40)(H,34,39)/t21-,23-,25?,30+/m0/s1. The van der Waals surface area contributed by atoms with E-state index in [9.17, 15) is 24.0 Å². The van der Waals surface area contributed by atoms with Crippen molar-refractivity contribution in [2.24, 2.45) is 10.6 Å². The number of rotatable bonds is 10. The number of hydrogen-bond donors (Lipinski definition) is 3. The molecule has 1 saturated heterocycles. The number of amides is 4. The van der Waals surface area contributed by atoms with Crippen LogP contribution >= 0.6 is 11.6 Å². The number of nitrogens with zero attached hydrogens (tertiary/aromatic N) is 2. The second kappa shape index (κ2) is 12.4. The summed E-state index contributed by atoms with van der Waals surface area (Å²) in [5.74, 6) is -2.82. The number of benzene rings is 1. The molecule has 1 aromatic rings. The van der Waals surface area contributed by atoms with Gasteiger partial charge in [0.1, 0.15) is 12.1 Å². The summed E-state index contributed by atoms with van der Waals surface area (Å²) >= 11 is 6.18. The average molecular weight is 602 g/mol. The lowest BCUT2D eigenvalue weighted by Crippen LogP contribution is -2.59. The number of ketones is 1. The topological polar surface area (TPSA) is 146 Å². The SMILES string of the molecule is CCC[C@H](NC(=O)[C@@H]1C[C@]2(CC(c3cccc(Cl)c3)=NO2)CN1C(=O)C(NC(C)=O)C(C)(C)C)C(=O)C(=O)NC1CC1. The van der Waals surface area contributed by atoms with E-state index in [2.05, 4.69) is 21.1 Å². The van der Waals surface area contributed by atoms with Gasteiger partial charge in [-0.15, -0.1) is 0 Å². The number of nitrogens with one attached hydrogen (secondary N) is 3. The molecule has 4 amide bonds. The van der Waals surface area contributed by atoms with E-state index in [-0.39, 0.29) is 31.3 Å². The van der Waals surface area contributed by atoms with Crippen LogP contribution in [0.4, 0.5) is 0 Å². The summed E-state index contributed by atoms with van der Waals surface area (Å²) in [6, 6.07) is 4.19. The van der Waals surface area contributed by atoms with E-state index in [1.165, 1.54) is 11.8 Å². The van der Waals surface area contributed by atoms with Gasteiger partial charge in [-0.2, -0.15) is 0 Å². The zero-order chi connectivity index (χ0) is 30.8. The smallest absolute Gasteiger partial charge is 0.289 e. The van der Waals surface area contributed by atoms with E-state index in [4.69, 9.17) is 16.4 Å². The van der Waals surface area contributed by atoms with E-state index in [0.717, 1.165) is 18.4 Å². The van der Waals surface area contributed by atoms with Gasteiger partial charge in [-0.25, -0.2) is 0 Å². The van der Waals surface area contributed by atoms with Gasteiger partial charge in [0.05, 0.1) is 18.3 Å². The van der Waals surface area contributed by atoms with Crippen LogP contribution in [0.5, 0.6) is 0 Å². The predicted octanol–water partition coefficient (Wildman–Crippen LogP) is 2.49. The summed E-state index contributed by atoms with van der Waals surface area (Å²) in [5.41, 5.74) is -0.260. The second-order valence-corrected chi connectivity index (χ2v) is 13.1. The molecule has 1 unspecified atom stereocenters. The first-order chi connectivity index (χ1) is 19.7. The summed E-state index contributed by atoms with van der Waals surface area (Å²) in [4.78, 5) is 72.8. The number of oxime groups is 1. The molecule has 0 bridgehead atoms. The molecule has 11 nitrogen and oxygen atoms in total. The summed E-state index contributed by atoms with van der Waals surface area (Å²) in [5, 5.41) is 13.0. The van der Waals surface area contributed by atoms with Gasteiger partial charge < -0.3 is 25.7 Å². The van der Waals surface area contributed by atoms with E-state index in [0.29, 0.717) is 23.6 Å². The maximum atomic E-state index is 14.1. The van der Waals surface area contributed by atoms with Crippen LogP contribution in [0, 0.1) is 5.41 Å². The Morgan fingerprint density at radius 3 is 2.48 bits per heavy atom. The minimum absolute atomic E-state index is 0.00135. The molecule has 3 aliphatic rings. The highest BCUT2D eigenvalue weighted by molar-refractivity contribution is 6.38. The fourth-order valence-electron chi connectivity index (χ4n) is 5.44. The summed E-state index contributed by atoms with van der Waals surface area (Å²) < 4.78 is 0. The Balaban J connectivity index is 1.60. The van der Waals surface area contributed by atoms with E-state index in [1.54, 1.807) is 18.2 Å². The third kappa shape index (κ3) is 7.29. The number of likely N-dealkylation sites (tertiary alicyclic amines) is 1. The maximum absolute atomic E-state index is 14.1. The molecule has 4 atom stereocenters. The zero-order valence-electron chi connectivity index (χ0n) is 24.8. The first kappa shape index (κ1) is 31.5. The fourth-order valence-corrected chi connectivity index (χ4v) is 5.63. The highest BCUT2D eigenvalue weighted by Crippen LogP contribution is 2.40. The van der Waals surface area contributed by atoms with Crippen molar-refractivity contribution in [3.05, 3.63) is 34.9 Å². The van der Waals surface area contributed by atoms with E-state index in [1.807, 2.05) is 33.8 Å². The number of hydrogen-bond acceptors (Lipinski definition) is 7. The van der Waals surface area contributed by atoms with Crippen LogP contribution in [-0.4, -0.2) is 76.3 Å². The van der Waals surface area contributed by atoms with Crippen LogP contribution in [0.3, 0.4) is 0 Å². The quantitative estimate of drug-likeness (QED) is 0.351. The fraction of sp³-hybridized carbons (Fsp3) is 0.600. The molecule has 0 radical (unpaired) electrons. The molecule has 4 rings (SSSR count). The Bertz CT molecular complexity index is 1290. The van der Waals surface area contributed by atoms with Crippen molar-refractivity contribution in [1.82, 2.24) is 20.9 Å². The Morgan fingerprint density at radius 2 is 1.88 bits per heavy atom. The third-order valence-electron chi connectivity index (χ3n) is 7.79. The molecule has 1 aliphatic carbocycles. The van der Waals surface area contributed by atoms with Crippen molar-refractivity contribution < 1.29 is 28.8 Å². The second-order valence-electron chi connectivity index (χ2n) is 12.6. The molecule has 2 aliphatic heterocycles. The van der Waals surface area contributed by atoms with Gasteiger partial charge in [0.15, 0.2) is 5.60 Å². The minimum atomic E-state index is -1.04. The Labute approximate surface area is 251 Å². The molecule has 1 aromatic carbocycles. The molecule has 0 aromatic heterocycles. The van der Waals surface area contributed by atoms with Gasteiger partial charge in [0.2, 0.25) is 23.5 Å². The minimum Gasteiger partial charge on any atom is -0.387 e. The predicted molar refractivity (Wildman–Crippen MR) is 157 cm³/mol. The van der Waals surface area contributed by atoms with E-state index < -0.39 is 52.6 Å². The summed E-state index contributed by atoms with van der Waals surface area (Å²) in [7, 11) is 0. The van der Waals surface area contributed by atoms with Crippen molar-refractivity contribution in [1.29, 1.82) is 0 Å². The van der Waals surface area contributed by atoms with Gasteiger partial charge in [0.25, 0.3) is 5.91 Å². The van der Waals surface area contributed by atoms with Crippen LogP contribution in [0.2, 0.25) is 5.02 Å². The lowest BCUT2D eigenvalue weighted by atomic mass is 9.85. The van der Waals surface area contributed by atoms with Gasteiger partial charge in [-0.3, -0.25) is 24.0 Å². The van der Waals surface area contributed by atoms with Crippen molar-refractivity contribution in [3.63, 3.8) is 0 Å². The lowest BCUT2D eigenvalue weighted by Gasteiger charge is -2.35. The Morgan fingerprint density at radius 1 is 1.17 bits per heavy atom. The van der Waals surface area contributed by atoms with Crippen LogP contribution in [0.1, 0.15) is 78.7 Å². The molecule has 228 valence electrons. The van der Waals surface area contributed by atoms with Crippen LogP contribution in [-0.2, 0) is 28.8 Å². The van der Waals surface area contributed by atoms with Crippen LogP contribution in [0.25, 0.3) is 0 Å². The van der Waals surface area contributed by atoms with Gasteiger partial charge in [-0.1, -0.05) is 63.0 Å². The molecular formula is C30H40ClN5O6. The number of carbonyl (C=O) groups excluding carboxylic acids is 5. The highest BCUT2D eigenvalue weighted by atomic mass is 35.5. The molecule has 2 fully saturated rings. The van der Waals surface area contributed by atoms with Crippen LogP contribution < -0.4 is 16.0 Å². The monoisotopic (exact) mass is 601 g/mol. The van der Waals surface area contributed by atoms with E-state index >= 15 is 0 Å². The molecule has 1 spiro atoms. The van der Waals surface area contributed by atoms with Crippen molar-refractivity contribution in [2.45, 2.75) is 103 Å². The maximum Gasteiger partial charge on any atom is 0.289 e. The Hall–Kier alpha value is -3.47. The Kier molecular flexibility index (Phi) is 9.30. The van der Waals surface area contributed by atoms with Crippen molar-refractivity contribution in [2.75, 3.05) is 6.54 Å². The van der Waals surface area contributed by atoms with Crippen molar-refractivity contribution >= 4 is 46.7 Å². The van der Waals surface area contributed by atoms with Gasteiger partial charge in [0, 0.05) is 36.4 Å². The lowest BCUT2D eigenvalue weighted by molar-refractivity contribution is -0.145. The first-order valence-electron chi connectivity index (χ1n) is 14.5. The van der Waals surface area contributed by atoms with Crippen LogP contribution in [0.15, 0.2) is 29.4 Å². The molecule has 42 heavy (non-hydrogen) atoms.